The topological polar surface area (TPSA) is 45.9 Å². The van der Waals surface area contributed by atoms with Crippen molar-refractivity contribution in [2.75, 3.05) is 39.4 Å². The van der Waals surface area contributed by atoms with Crippen LogP contribution in [0.1, 0.15) is 48.7 Å². The molecule has 1 aromatic rings. The van der Waals surface area contributed by atoms with E-state index in [1.54, 1.807) is 6.26 Å². The second-order valence-corrected chi connectivity index (χ2v) is 8.23. The third-order valence-corrected chi connectivity index (χ3v) is 6.19. The van der Waals surface area contributed by atoms with Crippen LogP contribution < -0.4 is 0 Å². The van der Waals surface area contributed by atoms with E-state index in [2.05, 4.69) is 11.8 Å². The van der Waals surface area contributed by atoms with Crippen LogP contribution in [0.5, 0.6) is 0 Å². The summed E-state index contributed by atoms with van der Waals surface area (Å²) >= 11 is 0. The Morgan fingerprint density at radius 2 is 2.12 bits per heavy atom. The molecule has 5 nitrogen and oxygen atoms in total. The Morgan fingerprint density at radius 1 is 1.32 bits per heavy atom. The van der Waals surface area contributed by atoms with Crippen LogP contribution in [0.4, 0.5) is 0 Å². The lowest BCUT2D eigenvalue weighted by Gasteiger charge is -2.59. The van der Waals surface area contributed by atoms with Gasteiger partial charge in [-0.2, -0.15) is 0 Å². The van der Waals surface area contributed by atoms with Gasteiger partial charge in [0.15, 0.2) is 5.76 Å². The number of hydrogen-bond acceptors (Lipinski definition) is 4. The number of hydrogen-bond donors (Lipinski definition) is 0. The Morgan fingerprint density at radius 3 is 2.76 bits per heavy atom. The molecular formula is C20H30N2O3. The molecular weight excluding hydrogens is 316 g/mol. The van der Waals surface area contributed by atoms with Crippen LogP contribution in [-0.2, 0) is 4.74 Å². The number of nitrogens with zero attached hydrogens (tertiary/aromatic N) is 2. The van der Waals surface area contributed by atoms with Crippen molar-refractivity contribution in [2.24, 2.45) is 11.8 Å². The Kier molecular flexibility index (Phi) is 4.63. The fourth-order valence-corrected chi connectivity index (χ4v) is 4.54. The Hall–Kier alpha value is -1.33. The Balaban J connectivity index is 1.43. The Bertz CT molecular complexity index is 616. The van der Waals surface area contributed by atoms with E-state index in [9.17, 15) is 4.79 Å². The van der Waals surface area contributed by atoms with Crippen LogP contribution in [-0.4, -0.2) is 60.6 Å². The number of carbonyl (C=O) groups excluding carboxylic acids is 1. The molecule has 3 heterocycles. The van der Waals surface area contributed by atoms with E-state index in [4.69, 9.17) is 9.15 Å². The maximum atomic E-state index is 12.7. The third kappa shape index (κ3) is 3.36. The van der Waals surface area contributed by atoms with E-state index in [1.807, 2.05) is 17.9 Å². The minimum Gasteiger partial charge on any atom is -0.459 e. The number of amides is 1. The number of furan rings is 1. The molecule has 3 aliphatic rings. The molecule has 1 atom stereocenters. The van der Waals surface area contributed by atoms with Crippen LogP contribution in [0.3, 0.4) is 0 Å². The predicted octanol–water partition coefficient (Wildman–Crippen LogP) is 2.94. The molecule has 1 aliphatic carbocycles. The fraction of sp³-hybridized carbons (Fsp3) is 0.750. The van der Waals surface area contributed by atoms with Crippen LogP contribution in [0.15, 0.2) is 16.7 Å². The monoisotopic (exact) mass is 346 g/mol. The molecule has 0 bridgehead atoms. The molecule has 0 radical (unpaired) electrons. The van der Waals surface area contributed by atoms with E-state index in [0.717, 1.165) is 50.8 Å². The molecule has 3 fully saturated rings. The van der Waals surface area contributed by atoms with Crippen molar-refractivity contribution in [2.45, 2.75) is 45.1 Å². The van der Waals surface area contributed by atoms with Gasteiger partial charge in [0.05, 0.1) is 11.8 Å². The van der Waals surface area contributed by atoms with Crippen molar-refractivity contribution in [1.29, 1.82) is 0 Å². The summed E-state index contributed by atoms with van der Waals surface area (Å²) < 4.78 is 11.1. The number of aryl methyl sites for hydroxylation is 1. The molecule has 2 saturated heterocycles. The molecule has 25 heavy (non-hydrogen) atoms. The highest BCUT2D eigenvalue weighted by Crippen LogP contribution is 2.42. The summed E-state index contributed by atoms with van der Waals surface area (Å²) in [7, 11) is 0. The van der Waals surface area contributed by atoms with Gasteiger partial charge in [-0.1, -0.05) is 0 Å². The number of piperidine rings is 1. The van der Waals surface area contributed by atoms with E-state index in [0.29, 0.717) is 11.7 Å². The lowest BCUT2D eigenvalue weighted by atomic mass is 9.74. The van der Waals surface area contributed by atoms with Crippen molar-refractivity contribution in [3.63, 3.8) is 0 Å². The summed E-state index contributed by atoms with van der Waals surface area (Å²) in [6, 6.07) is 1.86. The molecule has 1 unspecified atom stereocenters. The normalized spacial score (nSPS) is 26.0. The fourth-order valence-electron chi connectivity index (χ4n) is 4.54. The molecule has 1 spiro atoms. The summed E-state index contributed by atoms with van der Waals surface area (Å²) in [5.41, 5.74) is 1.09. The maximum absolute atomic E-state index is 12.7. The van der Waals surface area contributed by atoms with Gasteiger partial charge in [-0.15, -0.1) is 0 Å². The molecule has 0 aromatic carbocycles. The van der Waals surface area contributed by atoms with Gasteiger partial charge in [-0.3, -0.25) is 9.69 Å². The smallest absolute Gasteiger partial charge is 0.289 e. The van der Waals surface area contributed by atoms with Crippen molar-refractivity contribution in [3.8, 4) is 0 Å². The molecule has 1 amide bonds. The average Bonchev–Trinajstić information content (AvgIpc) is 3.29. The standard InChI is InChI=1S/C20H30N2O3/c1-3-24-12-17-6-8-22(11-16-4-5-16)20(10-17)13-21(14-20)19(23)18-15(2)7-9-25-18/h7,9,16-17H,3-6,8,10-14H2,1-2H3. The highest BCUT2D eigenvalue weighted by Gasteiger charge is 2.53. The van der Waals surface area contributed by atoms with Crippen molar-refractivity contribution in [3.05, 3.63) is 23.7 Å². The summed E-state index contributed by atoms with van der Waals surface area (Å²) in [5.74, 6) is 2.06. The van der Waals surface area contributed by atoms with Crippen molar-refractivity contribution < 1.29 is 13.9 Å². The molecule has 0 N–H and O–H groups in total. The largest absolute Gasteiger partial charge is 0.459 e. The number of likely N-dealkylation sites (tertiary alicyclic amines) is 2. The van der Waals surface area contributed by atoms with Gasteiger partial charge in [0.25, 0.3) is 5.91 Å². The van der Waals surface area contributed by atoms with Crippen molar-refractivity contribution in [1.82, 2.24) is 9.80 Å². The highest BCUT2D eigenvalue weighted by atomic mass is 16.5. The first kappa shape index (κ1) is 17.1. The third-order valence-electron chi connectivity index (χ3n) is 6.19. The van der Waals surface area contributed by atoms with Gasteiger partial charge in [0, 0.05) is 38.4 Å². The van der Waals surface area contributed by atoms with Crippen LogP contribution >= 0.6 is 0 Å². The van der Waals surface area contributed by atoms with Gasteiger partial charge < -0.3 is 14.1 Å². The zero-order valence-corrected chi connectivity index (χ0v) is 15.5. The lowest BCUT2D eigenvalue weighted by Crippen LogP contribution is -2.73. The quantitative estimate of drug-likeness (QED) is 0.794. The minimum absolute atomic E-state index is 0.0476. The number of rotatable bonds is 6. The second kappa shape index (κ2) is 6.76. The van der Waals surface area contributed by atoms with Gasteiger partial charge >= 0.3 is 0 Å². The number of carbonyl (C=O) groups is 1. The lowest BCUT2D eigenvalue weighted by molar-refractivity contribution is -0.0893. The summed E-state index contributed by atoms with van der Waals surface area (Å²) in [6.07, 6.45) is 6.74. The molecule has 2 aliphatic heterocycles. The first-order chi connectivity index (χ1) is 12.1. The average molecular weight is 346 g/mol. The van der Waals surface area contributed by atoms with Crippen molar-refractivity contribution >= 4 is 5.91 Å². The first-order valence-corrected chi connectivity index (χ1v) is 9.77. The molecule has 5 heteroatoms. The zero-order chi connectivity index (χ0) is 17.4. The summed E-state index contributed by atoms with van der Waals surface area (Å²) in [6.45, 7) is 9.68. The van der Waals surface area contributed by atoms with Gasteiger partial charge in [-0.05, 0) is 64.0 Å². The molecule has 1 saturated carbocycles. The van der Waals surface area contributed by atoms with E-state index >= 15 is 0 Å². The summed E-state index contributed by atoms with van der Waals surface area (Å²) in [5, 5.41) is 0. The van der Waals surface area contributed by atoms with E-state index in [-0.39, 0.29) is 11.4 Å². The number of ether oxygens (including phenoxy) is 1. The second-order valence-electron chi connectivity index (χ2n) is 8.23. The van der Waals surface area contributed by atoms with E-state index < -0.39 is 0 Å². The zero-order valence-electron chi connectivity index (χ0n) is 15.5. The predicted molar refractivity (Wildman–Crippen MR) is 95.6 cm³/mol. The molecule has 138 valence electrons. The minimum atomic E-state index is 0.0476. The Labute approximate surface area is 150 Å². The van der Waals surface area contributed by atoms with Crippen LogP contribution in [0.25, 0.3) is 0 Å². The van der Waals surface area contributed by atoms with Gasteiger partial charge in [-0.25, -0.2) is 0 Å². The molecule has 4 rings (SSSR count). The summed E-state index contributed by atoms with van der Waals surface area (Å²) in [4.78, 5) is 17.4. The highest BCUT2D eigenvalue weighted by molar-refractivity contribution is 5.93. The molecule has 1 aromatic heterocycles. The van der Waals surface area contributed by atoms with Crippen LogP contribution in [0, 0.1) is 18.8 Å². The maximum Gasteiger partial charge on any atom is 0.289 e. The SMILES string of the molecule is CCOCC1CCN(CC2CC2)C2(C1)CN(C(=O)c1occc1C)C2. The van der Waals surface area contributed by atoms with Gasteiger partial charge in [0.2, 0.25) is 0 Å². The van der Waals surface area contributed by atoms with E-state index in [1.165, 1.54) is 25.8 Å². The van der Waals surface area contributed by atoms with Crippen LogP contribution in [0.2, 0.25) is 0 Å². The first-order valence-electron chi connectivity index (χ1n) is 9.77. The van der Waals surface area contributed by atoms with Gasteiger partial charge in [0.1, 0.15) is 0 Å².